The first-order valence-corrected chi connectivity index (χ1v) is 14.4. The summed E-state index contributed by atoms with van der Waals surface area (Å²) in [6.07, 6.45) is 9.36. The van der Waals surface area contributed by atoms with Crippen LogP contribution < -0.4 is 26.6 Å². The lowest BCUT2D eigenvalue weighted by Crippen LogP contribution is -2.43. The van der Waals surface area contributed by atoms with Gasteiger partial charge in [-0.2, -0.15) is 4.98 Å². The van der Waals surface area contributed by atoms with E-state index in [4.69, 9.17) is 5.73 Å². The molecule has 214 valence electrons. The van der Waals surface area contributed by atoms with E-state index in [1.807, 2.05) is 20.8 Å². The smallest absolute Gasteiger partial charge is 0.320 e. The second kappa shape index (κ2) is 12.3. The number of urea groups is 1. The summed E-state index contributed by atoms with van der Waals surface area (Å²) in [5.74, 6) is 1.57. The van der Waals surface area contributed by atoms with E-state index in [0.29, 0.717) is 29.0 Å². The SMILES string of the molecule is CC(C)(C)NC(=O)Nc1cnc2cnc(Nc3ccc(N4CCC(CCCN5CCC(N)C5)CC4)cc3)nc2n1. The minimum Gasteiger partial charge on any atom is -0.372 e. The van der Waals surface area contributed by atoms with Gasteiger partial charge in [0.15, 0.2) is 11.5 Å². The maximum Gasteiger partial charge on any atom is 0.320 e. The molecule has 2 aromatic heterocycles. The van der Waals surface area contributed by atoms with E-state index in [2.05, 4.69) is 70.0 Å². The molecule has 11 heteroatoms. The lowest BCUT2D eigenvalue weighted by molar-refractivity contribution is 0.243. The fourth-order valence-electron chi connectivity index (χ4n) is 5.46. The van der Waals surface area contributed by atoms with Gasteiger partial charge in [-0.25, -0.2) is 19.7 Å². The van der Waals surface area contributed by atoms with Crippen LogP contribution in [-0.2, 0) is 0 Å². The number of benzene rings is 1. The van der Waals surface area contributed by atoms with Crippen LogP contribution in [0.2, 0.25) is 0 Å². The van der Waals surface area contributed by atoms with Gasteiger partial charge >= 0.3 is 6.03 Å². The summed E-state index contributed by atoms with van der Waals surface area (Å²) in [6, 6.07) is 8.43. The van der Waals surface area contributed by atoms with Crippen molar-refractivity contribution in [3.63, 3.8) is 0 Å². The summed E-state index contributed by atoms with van der Waals surface area (Å²) in [6.45, 7) is 11.4. The van der Waals surface area contributed by atoms with Crippen LogP contribution in [0.4, 0.5) is 27.9 Å². The highest BCUT2D eigenvalue weighted by molar-refractivity contribution is 5.89. The van der Waals surface area contributed by atoms with Crippen LogP contribution in [0.5, 0.6) is 0 Å². The van der Waals surface area contributed by atoms with Gasteiger partial charge < -0.3 is 26.2 Å². The molecule has 1 unspecified atom stereocenters. The van der Waals surface area contributed by atoms with Crippen LogP contribution in [0.3, 0.4) is 0 Å². The van der Waals surface area contributed by atoms with Crippen molar-refractivity contribution in [3.8, 4) is 0 Å². The maximum atomic E-state index is 12.2. The molecule has 4 heterocycles. The van der Waals surface area contributed by atoms with Crippen LogP contribution in [0.15, 0.2) is 36.7 Å². The molecule has 0 bridgehead atoms. The predicted octanol–water partition coefficient (Wildman–Crippen LogP) is 4.11. The molecule has 0 radical (unpaired) electrons. The first-order chi connectivity index (χ1) is 19.2. The van der Waals surface area contributed by atoms with Gasteiger partial charge in [0.2, 0.25) is 5.95 Å². The van der Waals surface area contributed by atoms with E-state index in [-0.39, 0.29) is 11.6 Å². The number of piperidine rings is 1. The number of hydrogen-bond acceptors (Lipinski definition) is 9. The fourth-order valence-corrected chi connectivity index (χ4v) is 5.46. The Bertz CT molecular complexity index is 1280. The van der Waals surface area contributed by atoms with Gasteiger partial charge in [0, 0.05) is 42.6 Å². The topological polar surface area (TPSA) is 137 Å². The van der Waals surface area contributed by atoms with Crippen molar-refractivity contribution >= 4 is 40.3 Å². The Hall–Kier alpha value is -3.57. The normalized spacial score (nSPS) is 18.7. The standard InChI is InChI=1S/C29H42N10O/c1-29(2,3)37-28(40)35-25-18-31-24-17-32-27(36-26(24)34-25)33-22-6-8-23(9-7-22)39-15-10-20(11-16-39)5-4-13-38-14-12-21(30)19-38/h6-9,17-18,20-21H,4-5,10-16,19,30H2,1-3H3,(H3,32,33,34,35,36,37,40). The molecule has 5 rings (SSSR count). The summed E-state index contributed by atoms with van der Waals surface area (Å²) < 4.78 is 0. The molecular formula is C29H42N10O. The summed E-state index contributed by atoms with van der Waals surface area (Å²) in [4.78, 5) is 34.8. The van der Waals surface area contributed by atoms with Crippen LogP contribution in [0.25, 0.3) is 11.2 Å². The lowest BCUT2D eigenvalue weighted by Gasteiger charge is -2.34. The van der Waals surface area contributed by atoms with Crippen LogP contribution >= 0.6 is 0 Å². The molecule has 1 aromatic carbocycles. The van der Waals surface area contributed by atoms with Crippen molar-refractivity contribution in [3.05, 3.63) is 36.7 Å². The average molecular weight is 547 g/mol. The van der Waals surface area contributed by atoms with Gasteiger partial charge in [-0.05, 0) is 96.1 Å². The molecule has 2 aliphatic rings. The maximum absolute atomic E-state index is 12.2. The number of anilines is 4. The third kappa shape index (κ3) is 7.76. The Morgan fingerprint density at radius 2 is 1.80 bits per heavy atom. The van der Waals surface area contributed by atoms with Crippen LogP contribution in [-0.4, -0.2) is 75.2 Å². The van der Waals surface area contributed by atoms with Crippen molar-refractivity contribution in [1.29, 1.82) is 0 Å². The molecule has 0 saturated carbocycles. The number of fused-ring (bicyclic) bond motifs is 1. The van der Waals surface area contributed by atoms with Crippen molar-refractivity contribution in [2.45, 2.75) is 64.5 Å². The van der Waals surface area contributed by atoms with E-state index in [0.717, 1.165) is 37.7 Å². The minimum absolute atomic E-state index is 0.323. The molecule has 2 aliphatic heterocycles. The van der Waals surface area contributed by atoms with E-state index in [1.54, 1.807) is 6.20 Å². The molecule has 3 aromatic rings. The van der Waals surface area contributed by atoms with Crippen LogP contribution in [0, 0.1) is 5.92 Å². The Morgan fingerprint density at radius 3 is 2.50 bits per heavy atom. The molecule has 11 nitrogen and oxygen atoms in total. The van der Waals surface area contributed by atoms with E-state index >= 15 is 0 Å². The summed E-state index contributed by atoms with van der Waals surface area (Å²) in [5.41, 5.74) is 8.76. The number of nitrogens with one attached hydrogen (secondary N) is 3. The van der Waals surface area contributed by atoms with Gasteiger partial charge in [0.25, 0.3) is 0 Å². The number of rotatable bonds is 8. The molecule has 40 heavy (non-hydrogen) atoms. The summed E-state index contributed by atoms with van der Waals surface area (Å²) >= 11 is 0. The molecule has 2 fully saturated rings. The van der Waals surface area contributed by atoms with Crippen molar-refractivity contribution in [1.82, 2.24) is 30.2 Å². The Labute approximate surface area is 236 Å². The highest BCUT2D eigenvalue weighted by atomic mass is 16.2. The van der Waals surface area contributed by atoms with Gasteiger partial charge in [0.05, 0.1) is 12.4 Å². The van der Waals surface area contributed by atoms with E-state index in [1.165, 1.54) is 50.7 Å². The van der Waals surface area contributed by atoms with Gasteiger partial charge in [-0.3, -0.25) is 5.32 Å². The van der Waals surface area contributed by atoms with E-state index in [9.17, 15) is 4.79 Å². The Kier molecular flexibility index (Phi) is 8.60. The number of carbonyl (C=O) groups excluding carboxylic acids is 1. The van der Waals surface area contributed by atoms with Crippen molar-refractivity contribution in [2.24, 2.45) is 11.7 Å². The lowest BCUT2D eigenvalue weighted by atomic mass is 9.92. The van der Waals surface area contributed by atoms with Crippen LogP contribution in [0.1, 0.15) is 52.9 Å². The highest BCUT2D eigenvalue weighted by Gasteiger charge is 2.22. The second-order valence-electron chi connectivity index (χ2n) is 12.1. The van der Waals surface area contributed by atoms with Gasteiger partial charge in [0.1, 0.15) is 5.52 Å². The largest absolute Gasteiger partial charge is 0.372 e. The number of aromatic nitrogens is 4. The number of carbonyl (C=O) groups is 1. The molecule has 1 atom stereocenters. The zero-order valence-electron chi connectivity index (χ0n) is 23.9. The number of nitrogens with zero attached hydrogens (tertiary/aromatic N) is 6. The quantitative estimate of drug-likeness (QED) is 0.329. The zero-order chi connectivity index (χ0) is 28.1. The van der Waals surface area contributed by atoms with Gasteiger partial charge in [-0.15, -0.1) is 0 Å². The molecule has 0 spiro atoms. The summed E-state index contributed by atoms with van der Waals surface area (Å²) in [7, 11) is 0. The number of likely N-dealkylation sites (tertiary alicyclic amines) is 1. The molecular weight excluding hydrogens is 504 g/mol. The molecule has 0 aliphatic carbocycles. The van der Waals surface area contributed by atoms with Crippen molar-refractivity contribution in [2.75, 3.05) is 48.3 Å². The first-order valence-electron chi connectivity index (χ1n) is 14.4. The third-order valence-electron chi connectivity index (χ3n) is 7.53. The van der Waals surface area contributed by atoms with Crippen molar-refractivity contribution < 1.29 is 4.79 Å². The minimum atomic E-state index is -0.359. The molecule has 2 amide bonds. The van der Waals surface area contributed by atoms with E-state index < -0.39 is 0 Å². The molecule has 5 N–H and O–H groups in total. The Balaban J connectivity index is 1.11. The third-order valence-corrected chi connectivity index (χ3v) is 7.53. The number of amides is 2. The van der Waals surface area contributed by atoms with Gasteiger partial charge in [-0.1, -0.05) is 0 Å². The monoisotopic (exact) mass is 546 g/mol. The number of hydrogen-bond donors (Lipinski definition) is 4. The predicted molar refractivity (Wildman–Crippen MR) is 160 cm³/mol. The second-order valence-corrected chi connectivity index (χ2v) is 12.1. The highest BCUT2D eigenvalue weighted by Crippen LogP contribution is 2.28. The number of nitrogens with two attached hydrogens (primary N) is 1. The first kappa shape index (κ1) is 28.0. The Morgan fingerprint density at radius 1 is 1.02 bits per heavy atom. The summed E-state index contributed by atoms with van der Waals surface area (Å²) in [5, 5.41) is 8.80. The fraction of sp³-hybridized carbons (Fsp3) is 0.552. The zero-order valence-corrected chi connectivity index (χ0v) is 23.9. The average Bonchev–Trinajstić information content (AvgIpc) is 3.33. The molecule has 2 saturated heterocycles.